The van der Waals surface area contributed by atoms with Crippen molar-refractivity contribution in [1.82, 2.24) is 10.2 Å². The van der Waals surface area contributed by atoms with Crippen LogP contribution in [0.15, 0.2) is 83.8 Å². The summed E-state index contributed by atoms with van der Waals surface area (Å²) in [5.74, 6) is -0.247. The van der Waals surface area contributed by atoms with Crippen LogP contribution in [0.3, 0.4) is 0 Å². The number of hydrogen-bond acceptors (Lipinski definition) is 5. The highest BCUT2D eigenvalue weighted by atomic mass is 32.2. The van der Waals surface area contributed by atoms with Crippen LogP contribution in [0.4, 0.5) is 15.8 Å². The number of likely N-dealkylation sites (N-methyl/N-ethyl adjacent to an activating group) is 1. The Morgan fingerprint density at radius 1 is 0.944 bits per heavy atom. The molecule has 5 nitrogen and oxygen atoms in total. The first-order valence-electron chi connectivity index (χ1n) is 12.3. The molecular formula is C29H37FN4OS. The van der Waals surface area contributed by atoms with E-state index in [0.29, 0.717) is 19.6 Å². The van der Waals surface area contributed by atoms with Crippen molar-refractivity contribution in [3.8, 4) is 0 Å². The lowest BCUT2D eigenvalue weighted by atomic mass is 9.99. The molecule has 0 aliphatic heterocycles. The van der Waals surface area contributed by atoms with Gasteiger partial charge in [0, 0.05) is 48.5 Å². The molecule has 1 amide bonds. The van der Waals surface area contributed by atoms with Crippen LogP contribution >= 0.6 is 11.9 Å². The average Bonchev–Trinajstić information content (AvgIpc) is 2.88. The van der Waals surface area contributed by atoms with Crippen molar-refractivity contribution >= 4 is 29.7 Å². The van der Waals surface area contributed by atoms with Crippen LogP contribution in [0.1, 0.15) is 25.8 Å². The van der Waals surface area contributed by atoms with Gasteiger partial charge in [-0.3, -0.25) is 4.79 Å². The first-order valence-corrected chi connectivity index (χ1v) is 13.1. The van der Waals surface area contributed by atoms with Gasteiger partial charge in [0.25, 0.3) is 0 Å². The Morgan fingerprint density at radius 2 is 1.69 bits per heavy atom. The number of amides is 1. The van der Waals surface area contributed by atoms with Crippen LogP contribution in [0.5, 0.6) is 0 Å². The molecule has 0 unspecified atom stereocenters. The fraction of sp³-hybridized carbons (Fsp3) is 0.345. The highest BCUT2D eigenvalue weighted by Crippen LogP contribution is 2.21. The molecule has 0 aliphatic carbocycles. The average molecular weight is 509 g/mol. The zero-order valence-electron chi connectivity index (χ0n) is 21.4. The van der Waals surface area contributed by atoms with E-state index in [1.54, 1.807) is 24.1 Å². The Balaban J connectivity index is 1.38. The molecule has 0 bridgehead atoms. The molecule has 0 saturated carbocycles. The molecule has 192 valence electrons. The first kappa shape index (κ1) is 27.6. The molecule has 7 heteroatoms. The number of anilines is 2. The Labute approximate surface area is 219 Å². The second kappa shape index (κ2) is 13.9. The highest BCUT2D eigenvalue weighted by Gasteiger charge is 2.18. The van der Waals surface area contributed by atoms with E-state index in [0.717, 1.165) is 37.2 Å². The Morgan fingerprint density at radius 3 is 2.42 bits per heavy atom. The summed E-state index contributed by atoms with van der Waals surface area (Å²) in [6, 6.07) is 25.2. The Hall–Kier alpha value is -3.03. The maximum absolute atomic E-state index is 13.1. The number of nitrogens with one attached hydrogen (secondary N) is 2. The maximum atomic E-state index is 13.1. The SMILES string of the molecule is CN(CCN(C=O)CCC(C)(C)NCCc1cccc(NSc2ccccc2)c1)c1ccc(F)cc1. The van der Waals surface area contributed by atoms with Crippen molar-refractivity contribution in [2.75, 3.05) is 42.8 Å². The van der Waals surface area contributed by atoms with Crippen molar-refractivity contribution < 1.29 is 9.18 Å². The van der Waals surface area contributed by atoms with E-state index >= 15 is 0 Å². The predicted molar refractivity (Wildman–Crippen MR) is 150 cm³/mol. The van der Waals surface area contributed by atoms with Crippen molar-refractivity contribution in [1.29, 1.82) is 0 Å². The van der Waals surface area contributed by atoms with E-state index in [4.69, 9.17) is 0 Å². The quantitative estimate of drug-likeness (QED) is 0.200. The molecule has 3 aromatic carbocycles. The smallest absolute Gasteiger partial charge is 0.209 e. The first-order chi connectivity index (χ1) is 17.3. The Kier molecular flexibility index (Phi) is 10.6. The minimum atomic E-state index is -0.247. The van der Waals surface area contributed by atoms with E-state index in [1.165, 1.54) is 22.6 Å². The predicted octanol–water partition coefficient (Wildman–Crippen LogP) is 5.84. The summed E-state index contributed by atoms with van der Waals surface area (Å²) in [5, 5.41) is 3.65. The molecule has 3 aromatic rings. The molecule has 3 rings (SSSR count). The zero-order chi connectivity index (χ0) is 25.8. The van der Waals surface area contributed by atoms with Gasteiger partial charge in [0.05, 0.1) is 0 Å². The molecule has 0 radical (unpaired) electrons. The molecule has 0 heterocycles. The zero-order valence-corrected chi connectivity index (χ0v) is 22.2. The van der Waals surface area contributed by atoms with Crippen molar-refractivity contribution in [3.63, 3.8) is 0 Å². The van der Waals surface area contributed by atoms with E-state index in [-0.39, 0.29) is 11.4 Å². The third-order valence-corrected chi connectivity index (χ3v) is 6.98. The van der Waals surface area contributed by atoms with Gasteiger partial charge in [0.2, 0.25) is 6.41 Å². The van der Waals surface area contributed by atoms with Crippen LogP contribution in [0, 0.1) is 5.82 Å². The molecule has 36 heavy (non-hydrogen) atoms. The number of halogens is 1. The molecule has 0 aliphatic rings. The van der Waals surface area contributed by atoms with Gasteiger partial charge in [-0.15, -0.1) is 0 Å². The summed E-state index contributed by atoms with van der Waals surface area (Å²) in [5.41, 5.74) is 3.20. The number of rotatable bonds is 15. The summed E-state index contributed by atoms with van der Waals surface area (Å²) in [4.78, 5) is 16.6. The maximum Gasteiger partial charge on any atom is 0.209 e. The number of carbonyl (C=O) groups excluding carboxylic acids is 1. The van der Waals surface area contributed by atoms with E-state index in [9.17, 15) is 9.18 Å². The monoisotopic (exact) mass is 508 g/mol. The third kappa shape index (κ3) is 9.55. The van der Waals surface area contributed by atoms with E-state index in [2.05, 4.69) is 60.3 Å². The van der Waals surface area contributed by atoms with E-state index in [1.807, 2.05) is 35.0 Å². The number of hydrogen-bond donors (Lipinski definition) is 2. The van der Waals surface area contributed by atoms with Gasteiger partial charge in [0.15, 0.2) is 0 Å². The molecule has 0 saturated heterocycles. The van der Waals surface area contributed by atoms with Crippen LogP contribution in [-0.4, -0.2) is 50.1 Å². The standard InChI is InChI=1S/C29H37FN4OS/c1-29(2,17-19-34(23-35)21-20-33(3)27-14-12-25(30)13-15-27)31-18-16-24-8-7-9-26(22-24)32-36-28-10-5-4-6-11-28/h4-15,22-23,31-32H,16-21H2,1-3H3. The number of benzene rings is 3. The second-order valence-corrected chi connectivity index (χ2v) is 10.4. The van der Waals surface area contributed by atoms with E-state index < -0.39 is 0 Å². The summed E-state index contributed by atoms with van der Waals surface area (Å²) in [6.45, 7) is 7.19. The van der Waals surface area contributed by atoms with Crippen molar-refractivity contribution in [3.05, 3.63) is 90.2 Å². The van der Waals surface area contributed by atoms with Gasteiger partial charge < -0.3 is 19.8 Å². The fourth-order valence-electron chi connectivity index (χ4n) is 3.77. The minimum Gasteiger partial charge on any atom is -0.373 e. The van der Waals surface area contributed by atoms with Gasteiger partial charge in [-0.05, 0) is 99.3 Å². The molecule has 2 N–H and O–H groups in total. The molecule has 0 spiro atoms. The lowest BCUT2D eigenvalue weighted by Gasteiger charge is -2.30. The van der Waals surface area contributed by atoms with Crippen LogP contribution in [0.2, 0.25) is 0 Å². The lowest BCUT2D eigenvalue weighted by Crippen LogP contribution is -2.44. The molecule has 0 fully saturated rings. The minimum absolute atomic E-state index is 0.0941. The van der Waals surface area contributed by atoms with Gasteiger partial charge in [0.1, 0.15) is 5.82 Å². The largest absolute Gasteiger partial charge is 0.373 e. The van der Waals surface area contributed by atoms with Gasteiger partial charge >= 0.3 is 0 Å². The van der Waals surface area contributed by atoms with Crippen molar-refractivity contribution in [2.24, 2.45) is 0 Å². The van der Waals surface area contributed by atoms with Crippen LogP contribution in [0.25, 0.3) is 0 Å². The molecule has 0 atom stereocenters. The molecule has 0 aromatic heterocycles. The van der Waals surface area contributed by atoms with Crippen LogP contribution < -0.4 is 14.9 Å². The third-order valence-electron chi connectivity index (χ3n) is 6.14. The fourth-order valence-corrected chi connectivity index (χ4v) is 4.43. The molecular weight excluding hydrogens is 471 g/mol. The second-order valence-electron chi connectivity index (χ2n) is 9.57. The van der Waals surface area contributed by atoms with Gasteiger partial charge in [-0.25, -0.2) is 4.39 Å². The summed E-state index contributed by atoms with van der Waals surface area (Å²) >= 11 is 1.61. The number of nitrogens with zero attached hydrogens (tertiary/aromatic N) is 2. The lowest BCUT2D eigenvalue weighted by molar-refractivity contribution is -0.118. The summed E-state index contributed by atoms with van der Waals surface area (Å²) in [6.07, 6.45) is 2.69. The summed E-state index contributed by atoms with van der Waals surface area (Å²) < 4.78 is 16.6. The topological polar surface area (TPSA) is 47.6 Å². The number of carbonyl (C=O) groups is 1. The van der Waals surface area contributed by atoms with Gasteiger partial charge in [-0.2, -0.15) is 0 Å². The Bertz CT molecular complexity index is 1060. The van der Waals surface area contributed by atoms with Crippen LogP contribution in [-0.2, 0) is 11.2 Å². The van der Waals surface area contributed by atoms with Gasteiger partial charge in [-0.1, -0.05) is 30.3 Å². The summed E-state index contributed by atoms with van der Waals surface area (Å²) in [7, 11) is 1.95. The van der Waals surface area contributed by atoms with Crippen molar-refractivity contribution in [2.45, 2.75) is 37.1 Å². The highest BCUT2D eigenvalue weighted by molar-refractivity contribution is 8.00. The normalized spacial score (nSPS) is 11.2.